The SMILES string of the molecule is O=C(NCCn1cnccc1=O)c1cc(Cl)ccc1[N+](=O)[O-]. The van der Waals surface area contributed by atoms with Crippen LogP contribution in [0.5, 0.6) is 0 Å². The fraction of sp³-hybridized carbons (Fsp3) is 0.154. The van der Waals surface area contributed by atoms with Gasteiger partial charge < -0.3 is 5.32 Å². The lowest BCUT2D eigenvalue weighted by Gasteiger charge is -2.07. The van der Waals surface area contributed by atoms with Crippen molar-refractivity contribution in [3.63, 3.8) is 0 Å². The summed E-state index contributed by atoms with van der Waals surface area (Å²) in [5.74, 6) is -0.633. The van der Waals surface area contributed by atoms with E-state index in [1.54, 1.807) is 0 Å². The fourth-order valence-corrected chi connectivity index (χ4v) is 1.95. The van der Waals surface area contributed by atoms with Crippen molar-refractivity contribution in [2.24, 2.45) is 0 Å². The van der Waals surface area contributed by atoms with Crippen molar-refractivity contribution in [3.8, 4) is 0 Å². The van der Waals surface area contributed by atoms with Gasteiger partial charge in [-0.25, -0.2) is 4.98 Å². The molecule has 1 aromatic carbocycles. The summed E-state index contributed by atoms with van der Waals surface area (Å²) in [6.45, 7) is 0.320. The molecular formula is C13H11ClN4O4. The van der Waals surface area contributed by atoms with Gasteiger partial charge in [0, 0.05) is 36.4 Å². The first-order chi connectivity index (χ1) is 10.5. The second kappa shape index (κ2) is 6.81. The molecule has 0 aliphatic rings. The summed E-state index contributed by atoms with van der Waals surface area (Å²) in [6, 6.07) is 5.03. The van der Waals surface area contributed by atoms with E-state index >= 15 is 0 Å². The van der Waals surface area contributed by atoms with E-state index in [0.29, 0.717) is 0 Å². The van der Waals surface area contributed by atoms with Crippen LogP contribution in [0.25, 0.3) is 0 Å². The second-order valence-electron chi connectivity index (χ2n) is 4.29. The minimum absolute atomic E-state index is 0.119. The molecule has 2 rings (SSSR count). The molecule has 0 radical (unpaired) electrons. The first-order valence-corrected chi connectivity index (χ1v) is 6.59. The Balaban J connectivity index is 2.07. The number of carbonyl (C=O) groups excluding carboxylic acids is 1. The molecule has 1 aromatic heterocycles. The molecule has 22 heavy (non-hydrogen) atoms. The number of rotatable bonds is 5. The maximum atomic E-state index is 12.0. The largest absolute Gasteiger partial charge is 0.350 e. The highest BCUT2D eigenvalue weighted by molar-refractivity contribution is 6.31. The Labute approximate surface area is 129 Å². The summed E-state index contributed by atoms with van der Waals surface area (Å²) >= 11 is 5.76. The number of halogens is 1. The molecule has 0 fully saturated rings. The van der Waals surface area contributed by atoms with Gasteiger partial charge in [0.05, 0.1) is 11.3 Å². The molecule has 0 spiro atoms. The van der Waals surface area contributed by atoms with Crippen LogP contribution in [0.2, 0.25) is 5.02 Å². The third kappa shape index (κ3) is 3.67. The van der Waals surface area contributed by atoms with Crippen molar-refractivity contribution in [1.82, 2.24) is 14.9 Å². The van der Waals surface area contributed by atoms with E-state index < -0.39 is 10.8 Å². The van der Waals surface area contributed by atoms with Gasteiger partial charge in [-0.1, -0.05) is 11.6 Å². The van der Waals surface area contributed by atoms with Crippen molar-refractivity contribution in [3.05, 3.63) is 67.8 Å². The van der Waals surface area contributed by atoms with E-state index in [0.717, 1.165) is 0 Å². The molecule has 1 amide bonds. The van der Waals surface area contributed by atoms with Crippen LogP contribution in [-0.2, 0) is 6.54 Å². The van der Waals surface area contributed by atoms with Crippen molar-refractivity contribution >= 4 is 23.2 Å². The molecule has 8 nitrogen and oxygen atoms in total. The lowest BCUT2D eigenvalue weighted by molar-refractivity contribution is -0.385. The molecule has 114 valence electrons. The van der Waals surface area contributed by atoms with Gasteiger partial charge in [0.25, 0.3) is 17.2 Å². The summed E-state index contributed by atoms with van der Waals surface area (Å²) in [6.07, 6.45) is 2.71. The minimum atomic E-state index is -0.656. The third-order valence-corrected chi connectivity index (χ3v) is 3.07. The average Bonchev–Trinajstić information content (AvgIpc) is 2.48. The van der Waals surface area contributed by atoms with Crippen LogP contribution >= 0.6 is 11.6 Å². The van der Waals surface area contributed by atoms with Crippen LogP contribution < -0.4 is 10.9 Å². The van der Waals surface area contributed by atoms with Crippen LogP contribution in [0.4, 0.5) is 5.69 Å². The maximum absolute atomic E-state index is 12.0. The number of nitrogens with one attached hydrogen (secondary N) is 1. The summed E-state index contributed by atoms with van der Waals surface area (Å²) in [5.41, 5.74) is -0.713. The van der Waals surface area contributed by atoms with Crippen LogP contribution in [-0.4, -0.2) is 26.9 Å². The molecule has 0 aliphatic heterocycles. The normalized spacial score (nSPS) is 10.2. The first-order valence-electron chi connectivity index (χ1n) is 6.21. The lowest BCUT2D eigenvalue weighted by Crippen LogP contribution is -2.31. The minimum Gasteiger partial charge on any atom is -0.350 e. The molecule has 0 saturated carbocycles. The Bertz CT molecular complexity index is 775. The van der Waals surface area contributed by atoms with E-state index in [-0.39, 0.29) is 34.9 Å². The summed E-state index contributed by atoms with van der Waals surface area (Å²) < 4.78 is 1.31. The molecule has 1 heterocycles. The monoisotopic (exact) mass is 322 g/mol. The molecule has 0 atom stereocenters. The Morgan fingerprint density at radius 2 is 2.18 bits per heavy atom. The van der Waals surface area contributed by atoms with E-state index in [2.05, 4.69) is 10.3 Å². The van der Waals surface area contributed by atoms with Gasteiger partial charge in [0.15, 0.2) is 0 Å². The third-order valence-electron chi connectivity index (χ3n) is 2.83. The van der Waals surface area contributed by atoms with E-state index in [1.807, 2.05) is 0 Å². The molecule has 0 saturated heterocycles. The van der Waals surface area contributed by atoms with Gasteiger partial charge in [0.1, 0.15) is 5.56 Å². The summed E-state index contributed by atoms with van der Waals surface area (Å²) in [4.78, 5) is 37.5. The molecule has 0 unspecified atom stereocenters. The number of benzene rings is 1. The Hall–Kier alpha value is -2.74. The van der Waals surface area contributed by atoms with Crippen LogP contribution in [0.15, 0.2) is 41.6 Å². The lowest BCUT2D eigenvalue weighted by atomic mass is 10.1. The van der Waals surface area contributed by atoms with Crippen LogP contribution in [0, 0.1) is 10.1 Å². The van der Waals surface area contributed by atoms with Crippen LogP contribution in [0.1, 0.15) is 10.4 Å². The standard InChI is InChI=1S/C13H11ClN4O4/c14-9-1-2-11(18(21)22)10(7-9)13(20)16-5-6-17-8-15-4-3-12(17)19/h1-4,7-8H,5-6H2,(H,16,20). The molecule has 9 heteroatoms. The van der Waals surface area contributed by atoms with Gasteiger partial charge in [-0.15, -0.1) is 0 Å². The summed E-state index contributed by atoms with van der Waals surface area (Å²) in [7, 11) is 0. The topological polar surface area (TPSA) is 107 Å². The number of aromatic nitrogens is 2. The van der Waals surface area contributed by atoms with E-state index in [1.165, 1.54) is 41.4 Å². The predicted octanol–water partition coefficient (Wildman–Crippen LogP) is 1.23. The van der Waals surface area contributed by atoms with Crippen molar-refractivity contribution in [1.29, 1.82) is 0 Å². The molecular weight excluding hydrogens is 312 g/mol. The maximum Gasteiger partial charge on any atom is 0.282 e. The van der Waals surface area contributed by atoms with Gasteiger partial charge >= 0.3 is 0 Å². The molecule has 1 N–H and O–H groups in total. The molecule has 2 aromatic rings. The van der Waals surface area contributed by atoms with Crippen molar-refractivity contribution < 1.29 is 9.72 Å². The van der Waals surface area contributed by atoms with E-state index in [4.69, 9.17) is 11.6 Å². The Morgan fingerprint density at radius 1 is 1.41 bits per heavy atom. The zero-order valence-corrected chi connectivity index (χ0v) is 12.0. The van der Waals surface area contributed by atoms with Gasteiger partial charge in [-0.05, 0) is 12.1 Å². The predicted molar refractivity (Wildman–Crippen MR) is 78.9 cm³/mol. The highest BCUT2D eigenvalue weighted by atomic mass is 35.5. The quantitative estimate of drug-likeness (QED) is 0.658. The molecule has 0 bridgehead atoms. The Kier molecular flexibility index (Phi) is 4.84. The van der Waals surface area contributed by atoms with Gasteiger partial charge in [0.2, 0.25) is 0 Å². The van der Waals surface area contributed by atoms with Crippen molar-refractivity contribution in [2.75, 3.05) is 6.54 Å². The average molecular weight is 323 g/mol. The first kappa shape index (κ1) is 15.6. The number of hydrogen-bond donors (Lipinski definition) is 1. The fourth-order valence-electron chi connectivity index (χ4n) is 1.78. The number of nitro groups is 1. The second-order valence-corrected chi connectivity index (χ2v) is 4.72. The number of amides is 1. The smallest absolute Gasteiger partial charge is 0.282 e. The van der Waals surface area contributed by atoms with Gasteiger partial charge in [-0.3, -0.25) is 24.3 Å². The Morgan fingerprint density at radius 3 is 2.86 bits per heavy atom. The van der Waals surface area contributed by atoms with E-state index in [9.17, 15) is 19.7 Å². The highest BCUT2D eigenvalue weighted by Crippen LogP contribution is 2.22. The van der Waals surface area contributed by atoms with Crippen LogP contribution in [0.3, 0.4) is 0 Å². The van der Waals surface area contributed by atoms with Gasteiger partial charge in [-0.2, -0.15) is 0 Å². The summed E-state index contributed by atoms with van der Waals surface area (Å²) in [5, 5.41) is 13.6. The number of carbonyl (C=O) groups is 1. The highest BCUT2D eigenvalue weighted by Gasteiger charge is 2.20. The number of nitro benzene ring substituents is 1. The number of nitrogens with zero attached hydrogens (tertiary/aromatic N) is 3. The zero-order valence-electron chi connectivity index (χ0n) is 11.2. The zero-order chi connectivity index (χ0) is 16.1. The van der Waals surface area contributed by atoms with Crippen molar-refractivity contribution in [2.45, 2.75) is 6.54 Å². The molecule has 0 aliphatic carbocycles. The number of hydrogen-bond acceptors (Lipinski definition) is 5.